The van der Waals surface area contributed by atoms with Crippen molar-refractivity contribution in [3.63, 3.8) is 0 Å². The average molecular weight is 392 g/mol. The van der Waals surface area contributed by atoms with Gasteiger partial charge in [-0.2, -0.15) is 0 Å². The maximum Gasteiger partial charge on any atom is 0.238 e. The van der Waals surface area contributed by atoms with E-state index in [-0.39, 0.29) is 5.91 Å². The van der Waals surface area contributed by atoms with E-state index >= 15 is 0 Å². The summed E-state index contributed by atoms with van der Waals surface area (Å²) in [5.74, 6) is 1.21. The number of carbonyl (C=O) groups excluding carboxylic acids is 1. The van der Waals surface area contributed by atoms with Gasteiger partial charge in [-0.25, -0.2) is 4.99 Å². The van der Waals surface area contributed by atoms with Crippen LogP contribution in [0.3, 0.4) is 0 Å². The highest BCUT2D eigenvalue weighted by atomic mass is 35.5. The van der Waals surface area contributed by atoms with Crippen molar-refractivity contribution >= 4 is 40.6 Å². The van der Waals surface area contributed by atoms with Crippen LogP contribution >= 0.6 is 23.2 Å². The van der Waals surface area contributed by atoms with E-state index in [0.29, 0.717) is 35.2 Å². The summed E-state index contributed by atoms with van der Waals surface area (Å²) in [5.41, 5.74) is 7.76. The van der Waals surface area contributed by atoms with Crippen molar-refractivity contribution in [2.45, 2.75) is 25.7 Å². The van der Waals surface area contributed by atoms with E-state index in [1.165, 1.54) is 5.56 Å². The van der Waals surface area contributed by atoms with Gasteiger partial charge in [0.25, 0.3) is 0 Å². The molecule has 0 saturated heterocycles. The third-order valence-electron chi connectivity index (χ3n) is 3.92. The molecular formula is C19H19Cl2N3O2. The standard InChI is InChI=1S/C19H19Cl2N3O2/c20-14-8-9-17(15(21)12-14)26-11-3-6-19(25)24-23-18-10-7-13-4-1-2-5-16(13)22-18/h1-2,4-5,8-9,12H,3,6-7,10-11H2,(H,22,23)(H,24,25). The Morgan fingerprint density at radius 1 is 1.15 bits per heavy atom. The molecule has 136 valence electrons. The van der Waals surface area contributed by atoms with Crippen LogP contribution in [0, 0.1) is 0 Å². The average Bonchev–Trinajstić information content (AvgIpc) is 2.65. The lowest BCUT2D eigenvalue weighted by atomic mass is 10.0. The predicted molar refractivity (Wildman–Crippen MR) is 104 cm³/mol. The number of amidine groups is 1. The van der Waals surface area contributed by atoms with E-state index in [9.17, 15) is 4.79 Å². The van der Waals surface area contributed by atoms with Crippen molar-refractivity contribution in [3.05, 3.63) is 58.1 Å². The number of para-hydroxylation sites is 1. The van der Waals surface area contributed by atoms with Crippen molar-refractivity contribution in [2.75, 3.05) is 6.61 Å². The molecule has 1 heterocycles. The first-order valence-corrected chi connectivity index (χ1v) is 9.15. The number of fused-ring (bicyclic) bond motifs is 1. The topological polar surface area (TPSA) is 62.7 Å². The monoisotopic (exact) mass is 391 g/mol. The van der Waals surface area contributed by atoms with Crippen LogP contribution < -0.4 is 15.6 Å². The maximum atomic E-state index is 11.9. The largest absolute Gasteiger partial charge is 0.492 e. The number of halogens is 2. The Morgan fingerprint density at radius 3 is 2.85 bits per heavy atom. The number of aryl methyl sites for hydroxylation is 1. The molecule has 2 N–H and O–H groups in total. The van der Waals surface area contributed by atoms with E-state index in [0.717, 1.165) is 24.4 Å². The molecule has 5 nitrogen and oxygen atoms in total. The quantitative estimate of drug-likeness (QED) is 0.584. The number of rotatable bonds is 5. The zero-order chi connectivity index (χ0) is 18.4. The number of amides is 1. The minimum absolute atomic E-state index is 0.114. The summed E-state index contributed by atoms with van der Waals surface area (Å²) in [5, 5.41) is 1.01. The first-order valence-electron chi connectivity index (χ1n) is 8.40. The van der Waals surface area contributed by atoms with Crippen molar-refractivity contribution in [1.29, 1.82) is 0 Å². The lowest BCUT2D eigenvalue weighted by Gasteiger charge is -2.17. The van der Waals surface area contributed by atoms with Gasteiger partial charge < -0.3 is 4.74 Å². The van der Waals surface area contributed by atoms with E-state index in [1.54, 1.807) is 18.2 Å². The molecule has 0 saturated carbocycles. The molecule has 0 unspecified atom stereocenters. The molecule has 3 rings (SSSR count). The first kappa shape index (κ1) is 18.5. The number of hydrogen-bond acceptors (Lipinski definition) is 4. The highest BCUT2D eigenvalue weighted by Gasteiger charge is 2.12. The Balaban J connectivity index is 1.38. The van der Waals surface area contributed by atoms with Gasteiger partial charge in [0.2, 0.25) is 5.91 Å². The zero-order valence-electron chi connectivity index (χ0n) is 14.1. The Morgan fingerprint density at radius 2 is 2.00 bits per heavy atom. The summed E-state index contributed by atoms with van der Waals surface area (Å²) in [6, 6.07) is 13.1. The Bertz CT molecular complexity index is 824. The second-order valence-corrected chi connectivity index (χ2v) is 6.73. The van der Waals surface area contributed by atoms with Crippen molar-refractivity contribution < 1.29 is 9.53 Å². The number of nitrogens with zero attached hydrogens (tertiary/aromatic N) is 1. The fraction of sp³-hybridized carbons (Fsp3) is 0.263. The third-order valence-corrected chi connectivity index (χ3v) is 4.45. The van der Waals surface area contributed by atoms with Gasteiger partial charge in [0.05, 0.1) is 17.3 Å². The van der Waals surface area contributed by atoms with Gasteiger partial charge in [0.15, 0.2) is 0 Å². The molecule has 0 radical (unpaired) electrons. The van der Waals surface area contributed by atoms with Crippen molar-refractivity contribution in [1.82, 2.24) is 10.9 Å². The van der Waals surface area contributed by atoms with E-state index in [2.05, 4.69) is 21.9 Å². The second-order valence-electron chi connectivity index (χ2n) is 5.89. The molecule has 0 bridgehead atoms. The molecule has 1 aliphatic rings. The lowest BCUT2D eigenvalue weighted by molar-refractivity contribution is -0.121. The highest BCUT2D eigenvalue weighted by Crippen LogP contribution is 2.27. The van der Waals surface area contributed by atoms with Crippen LogP contribution in [0.1, 0.15) is 24.8 Å². The summed E-state index contributed by atoms with van der Waals surface area (Å²) in [7, 11) is 0. The molecule has 1 amide bonds. The molecule has 2 aromatic rings. The minimum Gasteiger partial charge on any atom is -0.492 e. The number of aliphatic imine (C=N–C) groups is 1. The van der Waals surface area contributed by atoms with Gasteiger partial charge in [-0.1, -0.05) is 41.4 Å². The Kier molecular flexibility index (Phi) is 6.36. The molecule has 0 aromatic heterocycles. The molecule has 0 aliphatic carbocycles. The minimum atomic E-state index is -0.114. The van der Waals surface area contributed by atoms with Crippen LogP contribution in [0.4, 0.5) is 5.69 Å². The summed E-state index contributed by atoms with van der Waals surface area (Å²) in [4.78, 5) is 16.4. The molecule has 1 aliphatic heterocycles. The van der Waals surface area contributed by atoms with Crippen LogP contribution in [0.25, 0.3) is 0 Å². The van der Waals surface area contributed by atoms with Crippen LogP contribution in [-0.2, 0) is 11.2 Å². The predicted octanol–water partition coefficient (Wildman–Crippen LogP) is 4.45. The van der Waals surface area contributed by atoms with Crippen LogP contribution in [-0.4, -0.2) is 18.3 Å². The van der Waals surface area contributed by atoms with Crippen molar-refractivity contribution in [3.8, 4) is 5.75 Å². The van der Waals surface area contributed by atoms with Gasteiger partial charge in [-0.15, -0.1) is 0 Å². The lowest BCUT2D eigenvalue weighted by Crippen LogP contribution is -2.42. The maximum absolute atomic E-state index is 11.9. The third kappa shape index (κ3) is 5.13. The molecule has 2 aromatic carbocycles. The van der Waals surface area contributed by atoms with Gasteiger partial charge in [-0.05, 0) is 42.7 Å². The molecule has 0 spiro atoms. The number of hydrogen-bond donors (Lipinski definition) is 2. The van der Waals surface area contributed by atoms with Gasteiger partial charge >= 0.3 is 0 Å². The van der Waals surface area contributed by atoms with E-state index in [1.807, 2.05) is 18.2 Å². The molecular weight excluding hydrogens is 373 g/mol. The molecule has 0 fully saturated rings. The summed E-state index contributed by atoms with van der Waals surface area (Å²) in [6.07, 6.45) is 2.59. The fourth-order valence-corrected chi connectivity index (χ4v) is 3.05. The highest BCUT2D eigenvalue weighted by molar-refractivity contribution is 6.35. The molecule has 26 heavy (non-hydrogen) atoms. The number of carbonyl (C=O) groups is 1. The number of nitrogens with one attached hydrogen (secondary N) is 2. The van der Waals surface area contributed by atoms with E-state index in [4.69, 9.17) is 27.9 Å². The van der Waals surface area contributed by atoms with Gasteiger partial charge in [-0.3, -0.25) is 15.6 Å². The van der Waals surface area contributed by atoms with Gasteiger partial charge in [0, 0.05) is 17.9 Å². The summed E-state index contributed by atoms with van der Waals surface area (Å²) >= 11 is 11.9. The second kappa shape index (κ2) is 8.92. The molecule has 7 heteroatoms. The summed E-state index contributed by atoms with van der Waals surface area (Å²) < 4.78 is 5.56. The van der Waals surface area contributed by atoms with E-state index < -0.39 is 0 Å². The Hall–Kier alpha value is -2.24. The normalized spacial score (nSPS) is 12.8. The van der Waals surface area contributed by atoms with Gasteiger partial charge in [0.1, 0.15) is 11.6 Å². The molecule has 0 atom stereocenters. The Labute approximate surface area is 162 Å². The SMILES string of the molecule is O=C(CCCOc1ccc(Cl)cc1Cl)NNC1=Nc2ccccc2CC1. The fourth-order valence-electron chi connectivity index (χ4n) is 2.59. The smallest absolute Gasteiger partial charge is 0.238 e. The van der Waals surface area contributed by atoms with Crippen LogP contribution in [0.5, 0.6) is 5.75 Å². The zero-order valence-corrected chi connectivity index (χ0v) is 15.6. The van der Waals surface area contributed by atoms with Crippen molar-refractivity contribution in [2.24, 2.45) is 4.99 Å². The number of hydrazine groups is 1. The first-order chi connectivity index (χ1) is 12.6. The summed E-state index contributed by atoms with van der Waals surface area (Å²) in [6.45, 7) is 0.392. The van der Waals surface area contributed by atoms with Crippen LogP contribution in [0.2, 0.25) is 10.0 Å². The van der Waals surface area contributed by atoms with Crippen LogP contribution in [0.15, 0.2) is 47.5 Å². The number of ether oxygens (including phenoxy) is 1. The number of benzene rings is 2.